The third-order valence-corrected chi connectivity index (χ3v) is 6.04. The summed E-state index contributed by atoms with van der Waals surface area (Å²) in [6.45, 7) is 4.10. The number of carboxylic acids is 2. The number of aromatic amines is 1. The van der Waals surface area contributed by atoms with Crippen molar-refractivity contribution in [2.45, 2.75) is 32.8 Å². The summed E-state index contributed by atoms with van der Waals surface area (Å²) in [6, 6.07) is 15.0. The molecule has 4 aromatic rings. The summed E-state index contributed by atoms with van der Waals surface area (Å²) >= 11 is 6.16. The molecule has 8 heteroatoms. The summed E-state index contributed by atoms with van der Waals surface area (Å²) in [5, 5.41) is 19.3. The lowest BCUT2D eigenvalue weighted by molar-refractivity contribution is -0.137. The van der Waals surface area contributed by atoms with Crippen molar-refractivity contribution < 1.29 is 24.5 Å². The van der Waals surface area contributed by atoms with Crippen molar-refractivity contribution >= 4 is 34.6 Å². The van der Waals surface area contributed by atoms with Crippen LogP contribution >= 0.6 is 11.6 Å². The molecular formula is C26H23ClN2O5. The van der Waals surface area contributed by atoms with E-state index in [1.807, 2.05) is 26.0 Å². The van der Waals surface area contributed by atoms with Gasteiger partial charge in [-0.3, -0.25) is 4.79 Å². The van der Waals surface area contributed by atoms with Crippen LogP contribution in [-0.2, 0) is 17.8 Å². The lowest BCUT2D eigenvalue weighted by atomic mass is 9.90. The molecule has 174 valence electrons. The van der Waals surface area contributed by atoms with Crippen molar-refractivity contribution in [2.24, 2.45) is 0 Å². The van der Waals surface area contributed by atoms with Crippen molar-refractivity contribution in [3.05, 3.63) is 93.3 Å². The third-order valence-electron chi connectivity index (χ3n) is 5.68. The molecule has 4 rings (SSSR count). The number of carbonyl (C=O) groups is 2. The molecule has 1 aromatic heterocycles. The summed E-state index contributed by atoms with van der Waals surface area (Å²) in [5.41, 5.74) is 4.64. The van der Waals surface area contributed by atoms with E-state index >= 15 is 0 Å². The van der Waals surface area contributed by atoms with Crippen molar-refractivity contribution in [3.63, 3.8) is 0 Å². The molecule has 0 aliphatic carbocycles. The molecule has 0 fully saturated rings. The molecule has 34 heavy (non-hydrogen) atoms. The van der Waals surface area contributed by atoms with Gasteiger partial charge in [-0.15, -0.1) is 0 Å². The van der Waals surface area contributed by atoms with Gasteiger partial charge >= 0.3 is 11.9 Å². The number of nitrogens with one attached hydrogen (secondary N) is 1. The summed E-state index contributed by atoms with van der Waals surface area (Å²) in [7, 11) is 0. The fraction of sp³-hybridized carbons (Fsp3) is 0.192. The SMILES string of the molecule is CCc1nc2cc(C(C(=O)O)c3ccc(OCc4ccc(C(=O)O)cc4Cl)cc3)cc(C)c2[nH]1. The topological polar surface area (TPSA) is 113 Å². The van der Waals surface area contributed by atoms with Crippen LogP contribution in [0, 0.1) is 6.92 Å². The third kappa shape index (κ3) is 4.75. The normalized spacial score (nSPS) is 12.0. The van der Waals surface area contributed by atoms with Crippen LogP contribution in [0.25, 0.3) is 11.0 Å². The first-order chi connectivity index (χ1) is 16.3. The molecule has 0 radical (unpaired) electrons. The number of ether oxygens (including phenoxy) is 1. The Hall–Kier alpha value is -3.84. The molecule has 7 nitrogen and oxygen atoms in total. The zero-order chi connectivity index (χ0) is 24.4. The average molecular weight is 479 g/mol. The molecule has 0 bridgehead atoms. The molecule has 3 aromatic carbocycles. The summed E-state index contributed by atoms with van der Waals surface area (Å²) in [4.78, 5) is 31.1. The Labute approximate surface area is 201 Å². The summed E-state index contributed by atoms with van der Waals surface area (Å²) < 4.78 is 5.77. The first-order valence-electron chi connectivity index (χ1n) is 10.7. The molecule has 0 spiro atoms. The van der Waals surface area contributed by atoms with Gasteiger partial charge in [-0.25, -0.2) is 9.78 Å². The maximum absolute atomic E-state index is 12.2. The van der Waals surface area contributed by atoms with Crippen LogP contribution in [0.15, 0.2) is 54.6 Å². The molecule has 0 saturated heterocycles. The predicted octanol–water partition coefficient (Wildman–Crippen LogP) is 5.58. The van der Waals surface area contributed by atoms with E-state index in [9.17, 15) is 14.7 Å². The van der Waals surface area contributed by atoms with E-state index in [0.29, 0.717) is 27.5 Å². The Bertz CT molecular complexity index is 1380. The standard InChI is InChI=1S/C26H23ClN2O5/c1-3-22-28-21-12-18(10-14(2)24(21)29-22)23(26(32)33)15-6-8-19(9-7-15)34-13-17-5-4-16(25(30)31)11-20(17)27/h4-12,23H,3,13H2,1-2H3,(H,28,29)(H,30,31)(H,32,33). The number of hydrogen-bond donors (Lipinski definition) is 3. The van der Waals surface area contributed by atoms with E-state index in [1.54, 1.807) is 30.3 Å². The molecule has 0 aliphatic heterocycles. The van der Waals surface area contributed by atoms with Gasteiger partial charge in [-0.2, -0.15) is 0 Å². The van der Waals surface area contributed by atoms with Crippen LogP contribution in [0.3, 0.4) is 0 Å². The molecular weight excluding hydrogens is 456 g/mol. The maximum atomic E-state index is 12.2. The van der Waals surface area contributed by atoms with Crippen LogP contribution in [-0.4, -0.2) is 32.1 Å². The second-order valence-electron chi connectivity index (χ2n) is 8.01. The molecule has 0 saturated carbocycles. The van der Waals surface area contributed by atoms with Crippen LogP contribution in [0.5, 0.6) is 5.75 Å². The van der Waals surface area contributed by atoms with Gasteiger partial charge < -0.3 is 19.9 Å². The highest BCUT2D eigenvalue weighted by molar-refractivity contribution is 6.31. The van der Waals surface area contributed by atoms with Crippen molar-refractivity contribution in [2.75, 3.05) is 0 Å². The predicted molar refractivity (Wildman–Crippen MR) is 129 cm³/mol. The molecule has 1 unspecified atom stereocenters. The van der Waals surface area contributed by atoms with E-state index in [0.717, 1.165) is 28.8 Å². The monoisotopic (exact) mass is 478 g/mol. The van der Waals surface area contributed by atoms with Gasteiger partial charge in [0.25, 0.3) is 0 Å². The Morgan fingerprint density at radius 1 is 1.06 bits per heavy atom. The fourth-order valence-corrected chi connectivity index (χ4v) is 4.13. The average Bonchev–Trinajstić information content (AvgIpc) is 3.23. The molecule has 1 heterocycles. The van der Waals surface area contributed by atoms with Gasteiger partial charge in [-0.1, -0.05) is 42.8 Å². The van der Waals surface area contributed by atoms with Gasteiger partial charge in [0.05, 0.1) is 16.6 Å². The van der Waals surface area contributed by atoms with Gasteiger partial charge in [0.2, 0.25) is 0 Å². The van der Waals surface area contributed by atoms with E-state index < -0.39 is 17.9 Å². The van der Waals surface area contributed by atoms with Gasteiger partial charge in [0, 0.05) is 17.0 Å². The van der Waals surface area contributed by atoms with Gasteiger partial charge in [0.1, 0.15) is 24.1 Å². The Kier molecular flexibility index (Phi) is 6.56. The molecule has 1 atom stereocenters. The molecule has 0 aliphatic rings. The number of aryl methyl sites for hydroxylation is 2. The first-order valence-corrected chi connectivity index (χ1v) is 11.1. The number of aromatic nitrogens is 2. The second kappa shape index (κ2) is 9.57. The maximum Gasteiger partial charge on any atom is 0.335 e. The number of fused-ring (bicyclic) bond motifs is 1. The minimum absolute atomic E-state index is 0.104. The lowest BCUT2D eigenvalue weighted by Crippen LogP contribution is -2.13. The minimum atomic E-state index is -1.05. The van der Waals surface area contributed by atoms with Crippen LogP contribution in [0.4, 0.5) is 0 Å². The number of aliphatic carboxylic acids is 1. The zero-order valence-corrected chi connectivity index (χ0v) is 19.4. The minimum Gasteiger partial charge on any atom is -0.489 e. The Morgan fingerprint density at radius 3 is 2.41 bits per heavy atom. The quantitative estimate of drug-likeness (QED) is 0.304. The van der Waals surface area contributed by atoms with Crippen LogP contribution in [0.1, 0.15) is 51.3 Å². The zero-order valence-electron chi connectivity index (χ0n) is 18.6. The highest BCUT2D eigenvalue weighted by Crippen LogP contribution is 2.31. The fourth-order valence-electron chi connectivity index (χ4n) is 3.89. The summed E-state index contributed by atoms with van der Waals surface area (Å²) in [6.07, 6.45) is 0.766. The Balaban J connectivity index is 1.55. The number of imidazole rings is 1. The van der Waals surface area contributed by atoms with E-state index in [1.165, 1.54) is 12.1 Å². The largest absolute Gasteiger partial charge is 0.489 e. The van der Waals surface area contributed by atoms with Crippen molar-refractivity contribution in [1.29, 1.82) is 0 Å². The van der Waals surface area contributed by atoms with E-state index in [-0.39, 0.29) is 12.2 Å². The van der Waals surface area contributed by atoms with E-state index in [4.69, 9.17) is 21.4 Å². The highest BCUT2D eigenvalue weighted by atomic mass is 35.5. The number of halogens is 1. The number of rotatable bonds is 8. The number of nitrogens with zero attached hydrogens (tertiary/aromatic N) is 1. The van der Waals surface area contributed by atoms with Crippen LogP contribution in [0.2, 0.25) is 5.02 Å². The number of carboxylic acid groups (broad SMARTS) is 2. The van der Waals surface area contributed by atoms with E-state index in [2.05, 4.69) is 9.97 Å². The Morgan fingerprint density at radius 2 is 1.79 bits per heavy atom. The van der Waals surface area contributed by atoms with Gasteiger partial charge in [0.15, 0.2) is 0 Å². The number of hydrogen-bond acceptors (Lipinski definition) is 4. The number of benzene rings is 3. The number of H-pyrrole nitrogens is 1. The second-order valence-corrected chi connectivity index (χ2v) is 8.42. The van der Waals surface area contributed by atoms with Crippen LogP contribution < -0.4 is 4.74 Å². The molecule has 0 amide bonds. The lowest BCUT2D eigenvalue weighted by Gasteiger charge is -2.15. The molecule has 3 N–H and O–H groups in total. The number of aromatic carboxylic acids is 1. The van der Waals surface area contributed by atoms with Crippen molar-refractivity contribution in [1.82, 2.24) is 9.97 Å². The highest BCUT2D eigenvalue weighted by Gasteiger charge is 2.24. The smallest absolute Gasteiger partial charge is 0.335 e. The summed E-state index contributed by atoms with van der Waals surface area (Å²) in [5.74, 6) is -1.45. The van der Waals surface area contributed by atoms with Crippen molar-refractivity contribution in [3.8, 4) is 5.75 Å². The van der Waals surface area contributed by atoms with Gasteiger partial charge in [-0.05, 0) is 53.9 Å². The first kappa shape index (κ1) is 23.3.